The largest absolute Gasteiger partial charge is 0.318 e. The first-order valence-electron chi connectivity index (χ1n) is 7.17. The lowest BCUT2D eigenvalue weighted by atomic mass is 10.1. The second-order valence-corrected chi connectivity index (χ2v) is 5.18. The molecule has 1 amide bonds. The molecule has 6 heteroatoms. The molecule has 0 aliphatic carbocycles. The van der Waals surface area contributed by atoms with Crippen LogP contribution in [0.15, 0.2) is 54.0 Å². The van der Waals surface area contributed by atoms with Crippen LogP contribution in [0.3, 0.4) is 0 Å². The van der Waals surface area contributed by atoms with Crippen molar-refractivity contribution in [2.24, 2.45) is 0 Å². The van der Waals surface area contributed by atoms with E-state index in [1.54, 1.807) is 6.92 Å². The Morgan fingerprint density at radius 3 is 2.83 bits per heavy atom. The van der Waals surface area contributed by atoms with Gasteiger partial charge in [-0.2, -0.15) is 4.52 Å². The highest BCUT2D eigenvalue weighted by Crippen LogP contribution is 2.16. The van der Waals surface area contributed by atoms with E-state index >= 15 is 0 Å². The second kappa shape index (κ2) is 5.92. The lowest BCUT2D eigenvalue weighted by Gasteiger charge is -2.06. The monoisotopic (exact) mass is 308 g/mol. The first-order chi connectivity index (χ1) is 11.1. The molecule has 116 valence electrons. The SMILES string of the molecule is C=CC(=O)Nc1c[nH]n2c(=O)c(Cc3ccccc3)c(C)nc12. The fourth-order valence-corrected chi connectivity index (χ4v) is 2.44. The summed E-state index contributed by atoms with van der Waals surface area (Å²) in [4.78, 5) is 28.6. The summed E-state index contributed by atoms with van der Waals surface area (Å²) in [5.41, 5.74) is 2.97. The van der Waals surface area contributed by atoms with Gasteiger partial charge in [0.2, 0.25) is 5.91 Å². The number of carbonyl (C=O) groups excluding carboxylic acids is 1. The number of amides is 1. The van der Waals surface area contributed by atoms with Gasteiger partial charge >= 0.3 is 0 Å². The van der Waals surface area contributed by atoms with Gasteiger partial charge in [0, 0.05) is 23.9 Å². The molecular formula is C17H16N4O2. The Hall–Kier alpha value is -3.15. The van der Waals surface area contributed by atoms with E-state index in [9.17, 15) is 9.59 Å². The van der Waals surface area contributed by atoms with E-state index in [2.05, 4.69) is 22.0 Å². The number of aromatic amines is 1. The van der Waals surface area contributed by atoms with E-state index in [0.717, 1.165) is 11.6 Å². The number of nitrogens with one attached hydrogen (secondary N) is 2. The Bertz CT molecular complexity index is 938. The van der Waals surface area contributed by atoms with Crippen molar-refractivity contribution in [3.05, 3.63) is 76.4 Å². The van der Waals surface area contributed by atoms with Gasteiger partial charge in [0.05, 0.1) is 0 Å². The maximum Gasteiger partial charge on any atom is 0.276 e. The van der Waals surface area contributed by atoms with Gasteiger partial charge in [-0.3, -0.25) is 14.7 Å². The smallest absolute Gasteiger partial charge is 0.276 e. The van der Waals surface area contributed by atoms with E-state index < -0.39 is 0 Å². The van der Waals surface area contributed by atoms with E-state index in [0.29, 0.717) is 29.0 Å². The Morgan fingerprint density at radius 1 is 1.39 bits per heavy atom. The van der Waals surface area contributed by atoms with Crippen LogP contribution in [0.1, 0.15) is 16.8 Å². The Labute approximate surface area is 132 Å². The highest BCUT2D eigenvalue weighted by atomic mass is 16.1. The van der Waals surface area contributed by atoms with E-state index in [1.165, 1.54) is 10.7 Å². The molecule has 0 radical (unpaired) electrons. The summed E-state index contributed by atoms with van der Waals surface area (Å²) in [7, 11) is 0. The van der Waals surface area contributed by atoms with Crippen molar-refractivity contribution in [3.8, 4) is 0 Å². The molecule has 2 aromatic heterocycles. The zero-order chi connectivity index (χ0) is 16.4. The normalized spacial score (nSPS) is 10.7. The quantitative estimate of drug-likeness (QED) is 0.724. The molecule has 0 atom stereocenters. The van der Waals surface area contributed by atoms with Crippen molar-refractivity contribution in [1.29, 1.82) is 0 Å². The number of aryl methyl sites for hydroxylation is 1. The number of H-pyrrole nitrogens is 1. The van der Waals surface area contributed by atoms with Gasteiger partial charge < -0.3 is 5.32 Å². The van der Waals surface area contributed by atoms with Crippen LogP contribution in [0.25, 0.3) is 5.65 Å². The molecule has 0 aliphatic rings. The maximum atomic E-state index is 12.7. The van der Waals surface area contributed by atoms with Gasteiger partial charge in [0.15, 0.2) is 5.65 Å². The first-order valence-corrected chi connectivity index (χ1v) is 7.17. The lowest BCUT2D eigenvalue weighted by Crippen LogP contribution is -2.22. The van der Waals surface area contributed by atoms with Crippen LogP contribution in [0.2, 0.25) is 0 Å². The number of aromatic nitrogens is 3. The molecule has 23 heavy (non-hydrogen) atoms. The highest BCUT2D eigenvalue weighted by Gasteiger charge is 2.14. The number of fused-ring (bicyclic) bond motifs is 1. The predicted octanol–water partition coefficient (Wildman–Crippen LogP) is 2.05. The number of carbonyl (C=O) groups is 1. The molecule has 2 heterocycles. The molecule has 1 aromatic carbocycles. The van der Waals surface area contributed by atoms with Crippen LogP contribution in [0, 0.1) is 6.92 Å². The summed E-state index contributed by atoms with van der Waals surface area (Å²) >= 11 is 0. The van der Waals surface area contributed by atoms with E-state index in [4.69, 9.17) is 0 Å². The van der Waals surface area contributed by atoms with Gasteiger partial charge in [0.1, 0.15) is 5.69 Å². The number of hydrogen-bond donors (Lipinski definition) is 2. The highest BCUT2D eigenvalue weighted by molar-refractivity contribution is 6.01. The molecule has 0 saturated carbocycles. The van der Waals surface area contributed by atoms with Gasteiger partial charge in [-0.1, -0.05) is 36.9 Å². The minimum atomic E-state index is -0.355. The zero-order valence-electron chi connectivity index (χ0n) is 12.7. The van der Waals surface area contributed by atoms with Gasteiger partial charge in [-0.15, -0.1) is 0 Å². The summed E-state index contributed by atoms with van der Waals surface area (Å²) in [5.74, 6) is -0.355. The first kappa shape index (κ1) is 14.8. The third kappa shape index (κ3) is 2.78. The molecule has 0 fully saturated rings. The van der Waals surface area contributed by atoms with Crippen molar-refractivity contribution in [2.75, 3.05) is 5.32 Å². The minimum absolute atomic E-state index is 0.171. The molecule has 3 aromatic rings. The number of hydrogen-bond acceptors (Lipinski definition) is 3. The van der Waals surface area contributed by atoms with Gasteiger partial charge in [0.25, 0.3) is 5.56 Å². The van der Waals surface area contributed by atoms with Gasteiger partial charge in [-0.05, 0) is 18.6 Å². The number of benzene rings is 1. The summed E-state index contributed by atoms with van der Waals surface area (Å²) in [5, 5.41) is 5.46. The summed E-state index contributed by atoms with van der Waals surface area (Å²) in [6.45, 7) is 5.20. The molecule has 0 unspecified atom stereocenters. The van der Waals surface area contributed by atoms with Crippen LogP contribution < -0.4 is 10.9 Å². The van der Waals surface area contributed by atoms with Crippen molar-refractivity contribution in [1.82, 2.24) is 14.6 Å². The van der Waals surface area contributed by atoms with Crippen LogP contribution in [0.5, 0.6) is 0 Å². The summed E-state index contributed by atoms with van der Waals surface area (Å²) in [6.07, 6.45) is 3.21. The van der Waals surface area contributed by atoms with Crippen LogP contribution in [0.4, 0.5) is 5.69 Å². The van der Waals surface area contributed by atoms with E-state index in [1.807, 2.05) is 30.3 Å². The average Bonchev–Trinajstić information content (AvgIpc) is 2.95. The number of nitrogens with zero attached hydrogens (tertiary/aromatic N) is 2. The summed E-state index contributed by atoms with van der Waals surface area (Å²) < 4.78 is 1.34. The zero-order valence-corrected chi connectivity index (χ0v) is 12.7. The van der Waals surface area contributed by atoms with Crippen molar-refractivity contribution in [2.45, 2.75) is 13.3 Å². The third-order valence-electron chi connectivity index (χ3n) is 3.63. The third-order valence-corrected chi connectivity index (χ3v) is 3.63. The standard InChI is InChI=1S/C17H16N4O2/c1-3-15(22)20-14-10-18-21-16(14)19-11(2)13(17(21)23)9-12-7-5-4-6-8-12/h3-8,10,18H,1,9H2,2H3,(H,20,22). The number of anilines is 1. The van der Waals surface area contributed by atoms with Crippen molar-refractivity contribution >= 4 is 17.2 Å². The molecular weight excluding hydrogens is 292 g/mol. The Balaban J connectivity index is 2.07. The fraction of sp³-hybridized carbons (Fsp3) is 0.118. The molecule has 0 aliphatic heterocycles. The second-order valence-electron chi connectivity index (χ2n) is 5.18. The van der Waals surface area contributed by atoms with Crippen molar-refractivity contribution < 1.29 is 4.79 Å². The average molecular weight is 308 g/mol. The Morgan fingerprint density at radius 2 is 2.13 bits per heavy atom. The minimum Gasteiger partial charge on any atom is -0.318 e. The lowest BCUT2D eigenvalue weighted by molar-refractivity contribution is -0.111. The van der Waals surface area contributed by atoms with Crippen LogP contribution in [-0.4, -0.2) is 20.5 Å². The predicted molar refractivity (Wildman–Crippen MR) is 88.6 cm³/mol. The maximum absolute atomic E-state index is 12.7. The molecule has 2 N–H and O–H groups in total. The van der Waals surface area contributed by atoms with Gasteiger partial charge in [-0.25, -0.2) is 4.98 Å². The molecule has 6 nitrogen and oxygen atoms in total. The van der Waals surface area contributed by atoms with Crippen LogP contribution >= 0.6 is 0 Å². The molecule has 3 rings (SSSR count). The molecule has 0 saturated heterocycles. The van der Waals surface area contributed by atoms with Crippen LogP contribution in [-0.2, 0) is 11.2 Å². The van der Waals surface area contributed by atoms with Crippen molar-refractivity contribution in [3.63, 3.8) is 0 Å². The van der Waals surface area contributed by atoms with E-state index in [-0.39, 0.29) is 11.5 Å². The molecule has 0 spiro atoms. The summed E-state index contributed by atoms with van der Waals surface area (Å²) in [6, 6.07) is 9.75. The number of rotatable bonds is 4. The molecule has 0 bridgehead atoms. The topological polar surface area (TPSA) is 79.3 Å². The fourth-order valence-electron chi connectivity index (χ4n) is 2.44. The Kier molecular flexibility index (Phi) is 3.80.